The van der Waals surface area contributed by atoms with E-state index >= 15 is 0 Å². The first-order valence-electron chi connectivity index (χ1n) is 7.26. The van der Waals surface area contributed by atoms with Crippen molar-refractivity contribution in [3.8, 4) is 0 Å². The molecule has 0 amide bonds. The third-order valence-corrected chi connectivity index (χ3v) is 5.12. The number of thiophene rings is 1. The van der Waals surface area contributed by atoms with Gasteiger partial charge in [0.05, 0.1) is 0 Å². The van der Waals surface area contributed by atoms with Crippen molar-refractivity contribution in [2.24, 2.45) is 0 Å². The average Bonchev–Trinajstić information content (AvgIpc) is 2.82. The molecule has 0 aliphatic carbocycles. The molecule has 0 saturated heterocycles. The molecule has 0 aliphatic rings. The van der Waals surface area contributed by atoms with E-state index in [0.717, 1.165) is 23.4 Å². The molecule has 1 aromatic heterocycles. The molecule has 1 aromatic carbocycles. The summed E-state index contributed by atoms with van der Waals surface area (Å²) in [6.07, 6.45) is 2.04. The van der Waals surface area contributed by atoms with Gasteiger partial charge in [0.25, 0.3) is 0 Å². The van der Waals surface area contributed by atoms with E-state index in [1.165, 1.54) is 9.75 Å². The van der Waals surface area contributed by atoms with Crippen LogP contribution in [0.4, 0.5) is 0 Å². The van der Waals surface area contributed by atoms with Gasteiger partial charge in [0, 0.05) is 31.9 Å². The molecule has 0 radical (unpaired) electrons. The minimum atomic E-state index is 0.255. The number of nitrogens with one attached hydrogen (secondary N) is 1. The van der Waals surface area contributed by atoms with Gasteiger partial charge < -0.3 is 5.32 Å². The predicted octanol–water partition coefficient (Wildman–Crippen LogP) is 6.04. The highest BCUT2D eigenvalue weighted by Gasteiger charge is 2.16. The molecule has 4 heteroatoms. The van der Waals surface area contributed by atoms with Crippen LogP contribution in [0.5, 0.6) is 0 Å². The molecule has 2 rings (SSSR count). The molecule has 1 N–H and O–H groups in total. The van der Waals surface area contributed by atoms with Crippen LogP contribution < -0.4 is 5.32 Å². The number of hydrogen-bond donors (Lipinski definition) is 1. The first kappa shape index (κ1) is 16.8. The fourth-order valence-corrected chi connectivity index (χ4v) is 4.07. The summed E-state index contributed by atoms with van der Waals surface area (Å²) in [6.45, 7) is 6.54. The molecule has 0 bridgehead atoms. The molecule has 2 atom stereocenters. The van der Waals surface area contributed by atoms with Gasteiger partial charge in [0.1, 0.15) is 0 Å². The van der Waals surface area contributed by atoms with Crippen molar-refractivity contribution >= 4 is 34.5 Å². The molecule has 1 nitrogen and oxygen atoms in total. The molecule has 0 spiro atoms. The van der Waals surface area contributed by atoms with Gasteiger partial charge in [-0.2, -0.15) is 0 Å². The Hall–Kier alpha value is -0.540. The van der Waals surface area contributed by atoms with Gasteiger partial charge in [0.15, 0.2) is 0 Å². The van der Waals surface area contributed by atoms with Gasteiger partial charge in [-0.3, -0.25) is 0 Å². The van der Waals surface area contributed by atoms with E-state index in [1.807, 2.05) is 29.5 Å². The van der Waals surface area contributed by atoms with E-state index in [1.54, 1.807) is 0 Å². The first-order chi connectivity index (χ1) is 9.99. The first-order valence-corrected chi connectivity index (χ1v) is 8.83. The number of rotatable bonds is 6. The Labute approximate surface area is 141 Å². The largest absolute Gasteiger partial charge is 0.307 e. The Morgan fingerprint density at radius 3 is 2.52 bits per heavy atom. The molecular formula is C17H21Cl2NS. The summed E-state index contributed by atoms with van der Waals surface area (Å²) in [6, 6.07) is 10.8. The van der Waals surface area contributed by atoms with Crippen LogP contribution in [0.15, 0.2) is 30.3 Å². The van der Waals surface area contributed by atoms with E-state index in [9.17, 15) is 0 Å². The second-order valence-corrected chi connectivity index (χ2v) is 7.63. The highest BCUT2D eigenvalue weighted by molar-refractivity contribution is 7.11. The van der Waals surface area contributed by atoms with Crippen molar-refractivity contribution in [2.75, 3.05) is 0 Å². The lowest BCUT2D eigenvalue weighted by atomic mass is 10.0. The molecule has 0 fully saturated rings. The number of hydrogen-bond acceptors (Lipinski definition) is 2. The van der Waals surface area contributed by atoms with E-state index < -0.39 is 0 Å². The zero-order chi connectivity index (χ0) is 15.4. The summed E-state index contributed by atoms with van der Waals surface area (Å²) < 4.78 is 0. The number of benzene rings is 1. The Morgan fingerprint density at radius 1 is 1.19 bits per heavy atom. The lowest BCUT2D eigenvalue weighted by molar-refractivity contribution is 0.445. The van der Waals surface area contributed by atoms with Crippen molar-refractivity contribution in [3.63, 3.8) is 0 Å². The van der Waals surface area contributed by atoms with Crippen molar-refractivity contribution in [1.29, 1.82) is 0 Å². The lowest BCUT2D eigenvalue weighted by Gasteiger charge is -2.23. The monoisotopic (exact) mass is 341 g/mol. The SMILES string of the molecule is CCC(NC(C)Cc1ccc(C)s1)c1ccc(Cl)cc1Cl. The predicted molar refractivity (Wildman–Crippen MR) is 94.9 cm³/mol. The van der Waals surface area contributed by atoms with Crippen LogP contribution in [0, 0.1) is 6.92 Å². The normalized spacial score (nSPS) is 14.1. The van der Waals surface area contributed by atoms with Crippen LogP contribution in [0.25, 0.3) is 0 Å². The van der Waals surface area contributed by atoms with Gasteiger partial charge in [-0.15, -0.1) is 11.3 Å². The molecular weight excluding hydrogens is 321 g/mol. The van der Waals surface area contributed by atoms with Gasteiger partial charge in [0.2, 0.25) is 0 Å². The second-order valence-electron chi connectivity index (χ2n) is 5.41. The molecule has 0 saturated carbocycles. The van der Waals surface area contributed by atoms with Crippen LogP contribution in [-0.4, -0.2) is 6.04 Å². The van der Waals surface area contributed by atoms with Crippen molar-refractivity contribution in [1.82, 2.24) is 5.32 Å². The Kier molecular flexibility index (Phi) is 6.12. The van der Waals surface area contributed by atoms with Crippen molar-refractivity contribution in [3.05, 3.63) is 55.7 Å². The second kappa shape index (κ2) is 7.64. The molecule has 21 heavy (non-hydrogen) atoms. The molecule has 2 unspecified atom stereocenters. The lowest BCUT2D eigenvalue weighted by Crippen LogP contribution is -2.31. The Bertz CT molecular complexity index is 594. The standard InChI is InChI=1S/C17H21Cl2NS/c1-4-17(15-8-6-13(18)10-16(15)19)20-11(2)9-14-7-5-12(3)21-14/h5-8,10-11,17,20H,4,9H2,1-3H3. The van der Waals surface area contributed by atoms with E-state index in [4.69, 9.17) is 23.2 Å². The van der Waals surface area contributed by atoms with Gasteiger partial charge in [-0.25, -0.2) is 0 Å². The van der Waals surface area contributed by atoms with Gasteiger partial charge >= 0.3 is 0 Å². The van der Waals surface area contributed by atoms with Crippen LogP contribution in [-0.2, 0) is 6.42 Å². The van der Waals surface area contributed by atoms with E-state index in [-0.39, 0.29) is 6.04 Å². The van der Waals surface area contributed by atoms with Crippen LogP contribution in [0.1, 0.15) is 41.6 Å². The Balaban J connectivity index is 2.04. The van der Waals surface area contributed by atoms with E-state index in [2.05, 4.69) is 38.2 Å². The quantitative estimate of drug-likeness (QED) is 0.675. The zero-order valence-corrected chi connectivity index (χ0v) is 14.9. The number of halogens is 2. The number of aryl methyl sites for hydroxylation is 1. The van der Waals surface area contributed by atoms with Gasteiger partial charge in [-0.05, 0) is 56.5 Å². The maximum atomic E-state index is 6.33. The highest BCUT2D eigenvalue weighted by Crippen LogP contribution is 2.28. The fourth-order valence-electron chi connectivity index (χ4n) is 2.51. The third kappa shape index (κ3) is 4.72. The summed E-state index contributed by atoms with van der Waals surface area (Å²) in [5.41, 5.74) is 1.12. The van der Waals surface area contributed by atoms with Crippen LogP contribution in [0.3, 0.4) is 0 Å². The summed E-state index contributed by atoms with van der Waals surface area (Å²) >= 11 is 14.2. The Morgan fingerprint density at radius 2 is 1.95 bits per heavy atom. The highest BCUT2D eigenvalue weighted by atomic mass is 35.5. The maximum Gasteiger partial charge on any atom is 0.0468 e. The summed E-state index contributed by atoms with van der Waals surface area (Å²) in [7, 11) is 0. The van der Waals surface area contributed by atoms with Crippen molar-refractivity contribution in [2.45, 2.75) is 45.7 Å². The van der Waals surface area contributed by atoms with Crippen LogP contribution >= 0.6 is 34.5 Å². The van der Waals surface area contributed by atoms with Crippen molar-refractivity contribution < 1.29 is 0 Å². The minimum Gasteiger partial charge on any atom is -0.307 e. The summed E-state index contributed by atoms with van der Waals surface area (Å²) in [5.74, 6) is 0. The van der Waals surface area contributed by atoms with Crippen LogP contribution in [0.2, 0.25) is 10.0 Å². The molecule has 0 aliphatic heterocycles. The van der Waals surface area contributed by atoms with E-state index in [0.29, 0.717) is 11.1 Å². The van der Waals surface area contributed by atoms with Gasteiger partial charge in [-0.1, -0.05) is 36.2 Å². The smallest absolute Gasteiger partial charge is 0.0468 e. The molecule has 2 aromatic rings. The zero-order valence-electron chi connectivity index (χ0n) is 12.6. The summed E-state index contributed by atoms with van der Waals surface area (Å²) in [4.78, 5) is 2.79. The average molecular weight is 342 g/mol. The topological polar surface area (TPSA) is 12.0 Å². The molecule has 1 heterocycles. The summed E-state index contributed by atoms with van der Waals surface area (Å²) in [5, 5.41) is 5.10. The minimum absolute atomic E-state index is 0.255. The third-order valence-electron chi connectivity index (χ3n) is 3.54. The molecule has 114 valence electrons. The fraction of sp³-hybridized carbons (Fsp3) is 0.412. The maximum absolute atomic E-state index is 6.33.